The van der Waals surface area contributed by atoms with Crippen molar-refractivity contribution in [3.63, 3.8) is 0 Å². The standard InChI is InChI=1S/C21H22F3N5O2/c1-3-25-20-27-9-12(2)18(29-20)14-8-16(26-10-14)19(31)28-17(11-30)13-5-4-6-15(7-13)21(22,23)24/h4-10,17,26,30H,3,11H2,1-2H3,(H,28,31)(H,25,27,29). The van der Waals surface area contributed by atoms with Crippen molar-refractivity contribution in [1.29, 1.82) is 0 Å². The summed E-state index contributed by atoms with van der Waals surface area (Å²) in [7, 11) is 0. The largest absolute Gasteiger partial charge is 0.416 e. The summed E-state index contributed by atoms with van der Waals surface area (Å²) in [5.74, 6) is -0.110. The van der Waals surface area contributed by atoms with Crippen molar-refractivity contribution in [3.05, 3.63) is 65.1 Å². The Bertz CT molecular complexity index is 1070. The fourth-order valence-electron chi connectivity index (χ4n) is 3.04. The Balaban J connectivity index is 1.80. The highest BCUT2D eigenvalue weighted by Gasteiger charge is 2.31. The number of hydrogen-bond acceptors (Lipinski definition) is 5. The number of aryl methyl sites for hydroxylation is 1. The van der Waals surface area contributed by atoms with Gasteiger partial charge >= 0.3 is 6.18 Å². The highest BCUT2D eigenvalue weighted by molar-refractivity contribution is 5.94. The first-order valence-corrected chi connectivity index (χ1v) is 9.58. The summed E-state index contributed by atoms with van der Waals surface area (Å²) in [6.07, 6.45) is -1.24. The van der Waals surface area contributed by atoms with Crippen molar-refractivity contribution in [2.24, 2.45) is 0 Å². The van der Waals surface area contributed by atoms with Gasteiger partial charge in [-0.15, -0.1) is 0 Å². The number of aliphatic hydroxyl groups excluding tert-OH is 1. The molecule has 10 heteroatoms. The molecule has 0 spiro atoms. The van der Waals surface area contributed by atoms with Gasteiger partial charge in [0, 0.05) is 24.5 Å². The van der Waals surface area contributed by atoms with E-state index in [2.05, 4.69) is 25.6 Å². The second-order valence-corrected chi connectivity index (χ2v) is 6.89. The number of amides is 1. The summed E-state index contributed by atoms with van der Waals surface area (Å²) >= 11 is 0. The van der Waals surface area contributed by atoms with Crippen LogP contribution in [-0.2, 0) is 6.18 Å². The molecule has 0 fully saturated rings. The molecule has 0 bridgehead atoms. The Morgan fingerprint density at radius 2 is 2.06 bits per heavy atom. The van der Waals surface area contributed by atoms with Crippen LogP contribution in [-0.4, -0.2) is 39.1 Å². The highest BCUT2D eigenvalue weighted by Crippen LogP contribution is 2.31. The van der Waals surface area contributed by atoms with E-state index in [9.17, 15) is 23.1 Å². The van der Waals surface area contributed by atoms with Gasteiger partial charge in [0.05, 0.1) is 23.9 Å². The number of benzene rings is 1. The average molecular weight is 433 g/mol. The van der Waals surface area contributed by atoms with E-state index in [0.29, 0.717) is 23.8 Å². The number of nitrogens with zero attached hydrogens (tertiary/aromatic N) is 2. The van der Waals surface area contributed by atoms with E-state index in [1.807, 2.05) is 13.8 Å². The maximum Gasteiger partial charge on any atom is 0.416 e. The third kappa shape index (κ3) is 5.21. The molecule has 7 nitrogen and oxygen atoms in total. The first kappa shape index (κ1) is 22.3. The Morgan fingerprint density at radius 1 is 1.29 bits per heavy atom. The maximum absolute atomic E-state index is 13.0. The number of halogens is 3. The minimum absolute atomic E-state index is 0.152. The van der Waals surface area contributed by atoms with E-state index in [0.717, 1.165) is 17.7 Å². The predicted molar refractivity (Wildman–Crippen MR) is 109 cm³/mol. The van der Waals surface area contributed by atoms with Gasteiger partial charge in [0.2, 0.25) is 5.95 Å². The summed E-state index contributed by atoms with van der Waals surface area (Å²) < 4.78 is 38.9. The lowest BCUT2D eigenvalue weighted by molar-refractivity contribution is -0.137. The van der Waals surface area contributed by atoms with E-state index in [4.69, 9.17) is 0 Å². The number of aromatic nitrogens is 3. The monoisotopic (exact) mass is 433 g/mol. The number of anilines is 1. The number of carbonyl (C=O) groups is 1. The van der Waals surface area contributed by atoms with E-state index in [1.54, 1.807) is 18.5 Å². The van der Waals surface area contributed by atoms with Crippen LogP contribution in [0, 0.1) is 6.92 Å². The van der Waals surface area contributed by atoms with Gasteiger partial charge in [-0.2, -0.15) is 13.2 Å². The summed E-state index contributed by atoms with van der Waals surface area (Å²) in [6.45, 7) is 3.86. The molecule has 1 atom stereocenters. The van der Waals surface area contributed by atoms with Crippen molar-refractivity contribution < 1.29 is 23.1 Å². The lowest BCUT2D eigenvalue weighted by atomic mass is 10.0. The molecule has 0 aliphatic carbocycles. The van der Waals surface area contributed by atoms with Crippen molar-refractivity contribution in [2.45, 2.75) is 26.1 Å². The zero-order chi connectivity index (χ0) is 22.6. The molecule has 3 rings (SSSR count). The molecule has 3 aromatic rings. The third-order valence-electron chi connectivity index (χ3n) is 4.61. The van der Waals surface area contributed by atoms with Crippen LogP contribution in [0.2, 0.25) is 0 Å². The first-order valence-electron chi connectivity index (χ1n) is 9.58. The summed E-state index contributed by atoms with van der Waals surface area (Å²) in [4.78, 5) is 24.1. The molecular formula is C21H22F3N5O2. The normalized spacial score (nSPS) is 12.5. The van der Waals surface area contributed by atoms with Gasteiger partial charge in [-0.05, 0) is 43.2 Å². The molecule has 2 heterocycles. The van der Waals surface area contributed by atoms with Gasteiger partial charge in [0.15, 0.2) is 0 Å². The quantitative estimate of drug-likeness (QED) is 0.455. The zero-order valence-corrected chi connectivity index (χ0v) is 16.9. The minimum atomic E-state index is -4.52. The SMILES string of the molecule is CCNc1ncc(C)c(-c2c[nH]c(C(=O)NC(CO)c3cccc(C(F)(F)F)c3)c2)n1. The molecule has 164 valence electrons. The van der Waals surface area contributed by atoms with Gasteiger partial charge in [-0.25, -0.2) is 9.97 Å². The number of nitrogens with one attached hydrogen (secondary N) is 3. The number of carbonyl (C=O) groups excluding carboxylic acids is 1. The molecule has 1 amide bonds. The predicted octanol–water partition coefficient (Wildman–Crippen LogP) is 3.69. The Kier molecular flexibility index (Phi) is 6.59. The van der Waals surface area contributed by atoms with E-state index in [-0.39, 0.29) is 11.3 Å². The molecule has 1 aromatic carbocycles. The van der Waals surface area contributed by atoms with Crippen LogP contribution < -0.4 is 10.6 Å². The van der Waals surface area contributed by atoms with Crippen LogP contribution in [0.15, 0.2) is 42.7 Å². The average Bonchev–Trinajstić information content (AvgIpc) is 3.23. The van der Waals surface area contributed by atoms with Gasteiger partial charge in [-0.3, -0.25) is 4.79 Å². The molecule has 0 saturated heterocycles. The minimum Gasteiger partial charge on any atom is -0.394 e. The van der Waals surface area contributed by atoms with Crippen LogP contribution >= 0.6 is 0 Å². The number of aliphatic hydroxyl groups is 1. The molecular weight excluding hydrogens is 411 g/mol. The van der Waals surface area contributed by atoms with Crippen LogP contribution in [0.1, 0.15) is 40.1 Å². The number of hydrogen-bond donors (Lipinski definition) is 4. The molecule has 4 N–H and O–H groups in total. The van der Waals surface area contributed by atoms with Crippen LogP contribution in [0.3, 0.4) is 0 Å². The van der Waals surface area contributed by atoms with Gasteiger partial charge in [0.25, 0.3) is 5.91 Å². The fourth-order valence-corrected chi connectivity index (χ4v) is 3.04. The lowest BCUT2D eigenvalue weighted by Crippen LogP contribution is -2.31. The Morgan fingerprint density at radius 3 is 2.74 bits per heavy atom. The first-order chi connectivity index (χ1) is 14.7. The van der Waals surface area contributed by atoms with Crippen molar-refractivity contribution in [2.75, 3.05) is 18.5 Å². The third-order valence-corrected chi connectivity index (χ3v) is 4.61. The van der Waals surface area contributed by atoms with Gasteiger partial charge in [0.1, 0.15) is 5.69 Å². The van der Waals surface area contributed by atoms with Crippen molar-refractivity contribution in [3.8, 4) is 11.3 Å². The van der Waals surface area contributed by atoms with E-state index < -0.39 is 30.3 Å². The maximum atomic E-state index is 13.0. The molecule has 2 aromatic heterocycles. The molecule has 0 aliphatic heterocycles. The Labute approximate surface area is 176 Å². The van der Waals surface area contributed by atoms with Crippen molar-refractivity contribution in [1.82, 2.24) is 20.3 Å². The number of alkyl halides is 3. The number of H-pyrrole nitrogens is 1. The Hall–Kier alpha value is -3.40. The van der Waals surface area contributed by atoms with Gasteiger partial charge in [-0.1, -0.05) is 12.1 Å². The van der Waals surface area contributed by atoms with Crippen LogP contribution in [0.5, 0.6) is 0 Å². The summed E-state index contributed by atoms with van der Waals surface area (Å²) in [5, 5.41) is 15.2. The molecule has 1 unspecified atom stereocenters. The molecule has 0 saturated carbocycles. The van der Waals surface area contributed by atoms with Crippen LogP contribution in [0.25, 0.3) is 11.3 Å². The number of aromatic amines is 1. The summed E-state index contributed by atoms with van der Waals surface area (Å²) in [5.41, 5.74) is 1.59. The highest BCUT2D eigenvalue weighted by atomic mass is 19.4. The van der Waals surface area contributed by atoms with E-state index in [1.165, 1.54) is 12.1 Å². The lowest BCUT2D eigenvalue weighted by Gasteiger charge is -2.18. The molecule has 0 radical (unpaired) electrons. The zero-order valence-electron chi connectivity index (χ0n) is 16.9. The smallest absolute Gasteiger partial charge is 0.394 e. The second-order valence-electron chi connectivity index (χ2n) is 6.89. The number of rotatable bonds is 7. The molecule has 0 aliphatic rings. The van der Waals surface area contributed by atoms with Crippen molar-refractivity contribution >= 4 is 11.9 Å². The fraction of sp³-hybridized carbons (Fsp3) is 0.286. The summed E-state index contributed by atoms with van der Waals surface area (Å²) in [6, 6.07) is 5.09. The second kappa shape index (κ2) is 9.17. The van der Waals surface area contributed by atoms with E-state index >= 15 is 0 Å². The topological polar surface area (TPSA) is 103 Å². The van der Waals surface area contributed by atoms with Crippen LogP contribution in [0.4, 0.5) is 19.1 Å². The van der Waals surface area contributed by atoms with Gasteiger partial charge < -0.3 is 20.7 Å². The molecule has 31 heavy (non-hydrogen) atoms.